The molecular weight excluding hydrogens is 286 g/mol. The number of ketones is 1. The molecule has 1 aromatic rings. The number of carbonyl (C=O) groups excluding carboxylic acids is 3. The van der Waals surface area contributed by atoms with Gasteiger partial charge in [0.05, 0.1) is 18.2 Å². The van der Waals surface area contributed by atoms with E-state index >= 15 is 0 Å². The molecule has 1 aromatic carbocycles. The molecule has 2 rings (SSSR count). The van der Waals surface area contributed by atoms with Gasteiger partial charge >= 0.3 is 5.97 Å². The summed E-state index contributed by atoms with van der Waals surface area (Å²) in [6.07, 6.45) is 1.94. The van der Waals surface area contributed by atoms with Crippen LogP contribution in [0.5, 0.6) is 0 Å². The number of ether oxygens (including phenoxy) is 2. The molecule has 0 bridgehead atoms. The minimum Gasteiger partial charge on any atom is -0.465 e. The molecule has 1 heterocycles. The fourth-order valence-electron chi connectivity index (χ4n) is 2.03. The Morgan fingerprint density at radius 3 is 2.32 bits per heavy atom. The van der Waals surface area contributed by atoms with Gasteiger partial charge in [-0.2, -0.15) is 0 Å². The molecule has 1 unspecified atom stereocenters. The zero-order valence-corrected chi connectivity index (χ0v) is 12.0. The highest BCUT2D eigenvalue weighted by Crippen LogP contribution is 2.17. The van der Waals surface area contributed by atoms with Gasteiger partial charge in [-0.05, 0) is 18.2 Å². The maximum absolute atomic E-state index is 12.5. The smallest absolute Gasteiger partial charge is 0.337 e. The number of aliphatic imine (C=N–C) groups is 1. The number of benzene rings is 1. The van der Waals surface area contributed by atoms with E-state index in [0.717, 1.165) is 0 Å². The van der Waals surface area contributed by atoms with E-state index in [2.05, 4.69) is 9.73 Å². The van der Waals surface area contributed by atoms with Crippen molar-refractivity contribution in [2.75, 3.05) is 14.2 Å². The van der Waals surface area contributed by atoms with Crippen LogP contribution in [-0.4, -0.2) is 43.7 Å². The number of rotatable bonds is 4. The van der Waals surface area contributed by atoms with Crippen LogP contribution in [0.1, 0.15) is 20.7 Å². The minimum absolute atomic E-state index is 0.0918. The molecule has 1 atom stereocenters. The summed E-state index contributed by atoms with van der Waals surface area (Å²) in [6, 6.07) is 5.95. The van der Waals surface area contributed by atoms with Gasteiger partial charge in [0.25, 0.3) is 0 Å². The first kappa shape index (κ1) is 15.6. The standard InChI is InChI=1S/C16H13NO5/c1-21-15-12(9-18)7-8-17-13(15)14(19)10-3-5-11(6-4-10)16(20)22-2/h3-8,15H,1-2H3. The van der Waals surface area contributed by atoms with Crippen molar-refractivity contribution in [1.82, 2.24) is 0 Å². The fraction of sp³-hybridized carbons (Fsp3) is 0.188. The Morgan fingerprint density at radius 1 is 1.14 bits per heavy atom. The first-order valence-corrected chi connectivity index (χ1v) is 6.37. The lowest BCUT2D eigenvalue weighted by Gasteiger charge is -2.18. The van der Waals surface area contributed by atoms with Crippen LogP contribution in [-0.2, 0) is 14.3 Å². The predicted molar refractivity (Wildman–Crippen MR) is 78.7 cm³/mol. The SMILES string of the molecule is COC(=O)c1ccc(C(=O)C2=NC=CC(=C=O)C2OC)cc1. The van der Waals surface area contributed by atoms with Crippen molar-refractivity contribution < 1.29 is 23.9 Å². The van der Waals surface area contributed by atoms with Crippen molar-refractivity contribution >= 4 is 23.4 Å². The molecule has 0 saturated heterocycles. The molecule has 0 aliphatic carbocycles. The van der Waals surface area contributed by atoms with Crippen molar-refractivity contribution in [3.05, 3.63) is 53.2 Å². The van der Waals surface area contributed by atoms with E-state index in [-0.39, 0.29) is 17.1 Å². The van der Waals surface area contributed by atoms with Crippen molar-refractivity contribution in [3.63, 3.8) is 0 Å². The molecule has 0 spiro atoms. The van der Waals surface area contributed by atoms with Crippen molar-refractivity contribution in [1.29, 1.82) is 0 Å². The van der Waals surface area contributed by atoms with E-state index in [1.54, 1.807) is 5.94 Å². The van der Waals surface area contributed by atoms with Gasteiger partial charge in [-0.1, -0.05) is 12.1 Å². The molecule has 6 heteroatoms. The topological polar surface area (TPSA) is 82.0 Å². The first-order chi connectivity index (χ1) is 10.6. The molecule has 0 N–H and O–H groups in total. The summed E-state index contributed by atoms with van der Waals surface area (Å²) in [7, 11) is 2.66. The van der Waals surface area contributed by atoms with Crippen LogP contribution in [0.15, 0.2) is 47.1 Å². The Kier molecular flexibility index (Phi) is 4.78. The molecular formula is C16H13NO5. The van der Waals surface area contributed by atoms with Crippen LogP contribution in [0.4, 0.5) is 0 Å². The second-order valence-electron chi connectivity index (χ2n) is 4.40. The molecule has 0 saturated carbocycles. The molecule has 0 fully saturated rings. The zero-order valence-electron chi connectivity index (χ0n) is 12.0. The Morgan fingerprint density at radius 2 is 1.77 bits per heavy atom. The second-order valence-corrected chi connectivity index (χ2v) is 4.40. The third kappa shape index (κ3) is 2.93. The van der Waals surface area contributed by atoms with E-state index in [1.807, 2.05) is 0 Å². The zero-order chi connectivity index (χ0) is 16.1. The quantitative estimate of drug-likeness (QED) is 0.477. The Labute approximate surface area is 126 Å². The normalized spacial score (nSPS) is 16.7. The predicted octanol–water partition coefficient (Wildman–Crippen LogP) is 1.40. The van der Waals surface area contributed by atoms with Gasteiger partial charge in [0.1, 0.15) is 17.8 Å². The third-order valence-electron chi connectivity index (χ3n) is 3.15. The lowest BCUT2D eigenvalue weighted by molar-refractivity contribution is 0.0600. The van der Waals surface area contributed by atoms with E-state index in [0.29, 0.717) is 11.1 Å². The number of Topliss-reactive ketones (excluding diaryl/α,β-unsaturated/α-hetero) is 1. The lowest BCUT2D eigenvalue weighted by Crippen LogP contribution is -2.33. The molecule has 1 aliphatic heterocycles. The Balaban J connectivity index is 2.31. The van der Waals surface area contributed by atoms with E-state index in [9.17, 15) is 14.4 Å². The van der Waals surface area contributed by atoms with E-state index < -0.39 is 12.1 Å². The first-order valence-electron chi connectivity index (χ1n) is 6.37. The van der Waals surface area contributed by atoms with E-state index in [1.165, 1.54) is 50.8 Å². The Bertz CT molecular complexity index is 709. The highest BCUT2D eigenvalue weighted by molar-refractivity contribution is 6.48. The van der Waals surface area contributed by atoms with Crippen molar-refractivity contribution in [2.24, 2.45) is 4.99 Å². The van der Waals surface area contributed by atoms with Crippen LogP contribution in [0.3, 0.4) is 0 Å². The van der Waals surface area contributed by atoms with Crippen molar-refractivity contribution in [3.8, 4) is 0 Å². The van der Waals surface area contributed by atoms with Crippen LogP contribution in [0.2, 0.25) is 0 Å². The summed E-state index contributed by atoms with van der Waals surface area (Å²) in [5, 5.41) is 0. The van der Waals surface area contributed by atoms with E-state index in [4.69, 9.17) is 4.74 Å². The summed E-state index contributed by atoms with van der Waals surface area (Å²) >= 11 is 0. The van der Waals surface area contributed by atoms with Crippen LogP contribution >= 0.6 is 0 Å². The number of nitrogens with zero attached hydrogens (tertiary/aromatic N) is 1. The number of esters is 1. The molecule has 112 valence electrons. The van der Waals surface area contributed by atoms with Gasteiger partial charge < -0.3 is 9.47 Å². The van der Waals surface area contributed by atoms with Crippen molar-refractivity contribution in [2.45, 2.75) is 6.10 Å². The monoisotopic (exact) mass is 299 g/mol. The lowest BCUT2D eigenvalue weighted by atomic mass is 9.96. The van der Waals surface area contributed by atoms with Gasteiger partial charge in [-0.3, -0.25) is 9.79 Å². The van der Waals surface area contributed by atoms with Crippen LogP contribution < -0.4 is 0 Å². The number of methoxy groups -OCH3 is 2. The average molecular weight is 299 g/mol. The fourth-order valence-corrected chi connectivity index (χ4v) is 2.03. The van der Waals surface area contributed by atoms with Gasteiger partial charge in [-0.15, -0.1) is 0 Å². The van der Waals surface area contributed by atoms with Crippen LogP contribution in [0, 0.1) is 0 Å². The molecule has 22 heavy (non-hydrogen) atoms. The summed E-state index contributed by atoms with van der Waals surface area (Å²) in [5.74, 6) is 0.857. The molecule has 0 aromatic heterocycles. The maximum atomic E-state index is 12.5. The average Bonchev–Trinajstić information content (AvgIpc) is 2.59. The van der Waals surface area contributed by atoms with Crippen LogP contribution in [0.25, 0.3) is 0 Å². The summed E-state index contributed by atoms with van der Waals surface area (Å²) in [5.41, 5.74) is 0.955. The minimum atomic E-state index is -0.852. The number of hydrogen-bond acceptors (Lipinski definition) is 6. The number of carbonyl (C=O) groups is 2. The Hall–Kier alpha value is -2.82. The van der Waals surface area contributed by atoms with Gasteiger partial charge in [-0.25, -0.2) is 9.59 Å². The largest absolute Gasteiger partial charge is 0.465 e. The van der Waals surface area contributed by atoms with Gasteiger partial charge in [0, 0.05) is 18.9 Å². The molecule has 0 radical (unpaired) electrons. The highest BCUT2D eigenvalue weighted by atomic mass is 16.5. The highest BCUT2D eigenvalue weighted by Gasteiger charge is 2.28. The molecule has 6 nitrogen and oxygen atoms in total. The van der Waals surface area contributed by atoms with Gasteiger partial charge in [0.2, 0.25) is 5.78 Å². The second kappa shape index (κ2) is 6.76. The van der Waals surface area contributed by atoms with Gasteiger partial charge in [0.15, 0.2) is 0 Å². The third-order valence-corrected chi connectivity index (χ3v) is 3.15. The summed E-state index contributed by atoms with van der Waals surface area (Å²) in [4.78, 5) is 38.7. The summed E-state index contributed by atoms with van der Waals surface area (Å²) < 4.78 is 9.75. The molecule has 1 aliphatic rings. The molecule has 0 amide bonds. The number of hydrogen-bond donors (Lipinski definition) is 0. The maximum Gasteiger partial charge on any atom is 0.337 e. The summed E-state index contributed by atoms with van der Waals surface area (Å²) in [6.45, 7) is 0.